The van der Waals surface area contributed by atoms with Crippen LogP contribution in [0.2, 0.25) is 0 Å². The van der Waals surface area contributed by atoms with Crippen LogP contribution in [0.15, 0.2) is 433 Å². The predicted octanol–water partition coefficient (Wildman–Crippen LogP) is 32.1. The fourth-order valence-electron chi connectivity index (χ4n) is 18.5. The van der Waals surface area contributed by atoms with Gasteiger partial charge in [-0.2, -0.15) is 0 Å². The fourth-order valence-corrected chi connectivity index (χ4v) is 18.5. The molecule has 0 spiro atoms. The van der Waals surface area contributed by atoms with E-state index in [-0.39, 0.29) is 10.8 Å². The third kappa shape index (κ3) is 12.6. The highest BCUT2D eigenvalue weighted by atomic mass is 16.3. The van der Waals surface area contributed by atoms with Crippen molar-refractivity contribution >= 4 is 78.0 Å². The molecule has 0 unspecified atom stereocenters. The molecule has 22 rings (SSSR count). The molecule has 0 atom stereocenters. The molecule has 0 bridgehead atoms. The molecule has 0 fully saturated rings. The van der Waals surface area contributed by atoms with E-state index in [9.17, 15) is 0 Å². The van der Waals surface area contributed by atoms with Gasteiger partial charge in [0.1, 0.15) is 22.3 Å². The van der Waals surface area contributed by atoms with Crippen LogP contribution in [0.3, 0.4) is 0 Å². The maximum absolute atomic E-state index is 6.60. The summed E-state index contributed by atoms with van der Waals surface area (Å²) in [7, 11) is 0. The highest BCUT2D eigenvalue weighted by molar-refractivity contribution is 6.13. The number of anilines is 6. The maximum Gasteiger partial charge on any atom is 0.143 e. The van der Waals surface area contributed by atoms with E-state index in [1.165, 1.54) is 89.0 Å². The van der Waals surface area contributed by atoms with Crippen LogP contribution in [-0.2, 0) is 10.8 Å². The van der Waals surface area contributed by atoms with E-state index in [2.05, 4.69) is 450 Å². The van der Waals surface area contributed by atoms with Crippen molar-refractivity contribution in [2.24, 2.45) is 0 Å². The lowest BCUT2D eigenvalue weighted by Gasteiger charge is -2.30. The molecule has 20 aromatic rings. The molecule has 0 amide bonds. The zero-order valence-corrected chi connectivity index (χ0v) is 66.1. The number of furan rings is 2. The minimum absolute atomic E-state index is 0.107. The van der Waals surface area contributed by atoms with E-state index in [1.807, 2.05) is 12.1 Å². The average molecular weight is 1510 g/mol. The molecule has 118 heavy (non-hydrogen) atoms. The van der Waals surface area contributed by atoms with E-state index >= 15 is 0 Å². The predicted molar refractivity (Wildman–Crippen MR) is 495 cm³/mol. The van der Waals surface area contributed by atoms with E-state index < -0.39 is 0 Å². The van der Waals surface area contributed by atoms with Crippen LogP contribution in [0.1, 0.15) is 49.9 Å². The zero-order valence-electron chi connectivity index (χ0n) is 66.1. The van der Waals surface area contributed by atoms with Crippen LogP contribution < -0.4 is 9.80 Å². The first-order valence-electron chi connectivity index (χ1n) is 40.8. The molecule has 0 N–H and O–H groups in total. The SMILES string of the molecule is CC1(C)c2ccccc2-c2ccc(N(c3ccc(-c4cc(-c5ccc(-c6ccccc6)cc5)c5oc6ccccc6c5c4)cc3)c3ccccc3-c3ccccc3)cc21.CC1(C)c2ccccc2-c2ccc(N(c3ccc(-c4ccccc4)cc3)c3ccc(-c4cc(-c5ccc(-c6ccccc6)cc5)c5oc6ccccc6c5c4)cc3)cc21. The van der Waals surface area contributed by atoms with Crippen LogP contribution in [0.25, 0.3) is 155 Å². The molecule has 2 aromatic heterocycles. The fraction of sp³-hybridized carbons (Fsp3) is 0.0526. The number of rotatable bonds is 14. The van der Waals surface area contributed by atoms with Gasteiger partial charge in [0.25, 0.3) is 0 Å². The molecule has 0 aliphatic heterocycles. The third-order valence-electron chi connectivity index (χ3n) is 24.6. The summed E-state index contributed by atoms with van der Waals surface area (Å²) >= 11 is 0. The number of hydrogen-bond acceptors (Lipinski definition) is 4. The molecule has 18 aromatic carbocycles. The molecule has 0 saturated heterocycles. The number of benzene rings is 18. The van der Waals surface area contributed by atoms with Crippen LogP contribution in [0.5, 0.6) is 0 Å². The van der Waals surface area contributed by atoms with Crippen molar-refractivity contribution in [1.82, 2.24) is 0 Å². The Labute approximate surface area is 688 Å². The summed E-state index contributed by atoms with van der Waals surface area (Å²) in [6.45, 7) is 9.40. The van der Waals surface area contributed by atoms with E-state index in [0.29, 0.717) is 0 Å². The zero-order chi connectivity index (χ0) is 79.0. The lowest BCUT2D eigenvalue weighted by molar-refractivity contribution is 0.660. The summed E-state index contributed by atoms with van der Waals surface area (Å²) in [5.41, 5.74) is 39.4. The van der Waals surface area contributed by atoms with E-state index in [4.69, 9.17) is 8.83 Å². The summed E-state index contributed by atoms with van der Waals surface area (Å²) in [5, 5.41) is 4.47. The summed E-state index contributed by atoms with van der Waals surface area (Å²) in [6.07, 6.45) is 0. The van der Waals surface area contributed by atoms with Crippen molar-refractivity contribution in [3.05, 3.63) is 447 Å². The van der Waals surface area contributed by atoms with Crippen LogP contribution in [-0.4, -0.2) is 0 Å². The van der Waals surface area contributed by atoms with Gasteiger partial charge in [-0.05, 0) is 220 Å². The summed E-state index contributed by atoms with van der Waals surface area (Å²) in [5.74, 6) is 0. The Balaban J connectivity index is 0.000000147. The van der Waals surface area contributed by atoms with Gasteiger partial charge in [0, 0.05) is 77.5 Å². The molecule has 4 nitrogen and oxygen atoms in total. The monoisotopic (exact) mass is 1510 g/mol. The van der Waals surface area contributed by atoms with Gasteiger partial charge in [0.05, 0.1) is 5.69 Å². The topological polar surface area (TPSA) is 32.8 Å². The first kappa shape index (κ1) is 71.0. The van der Waals surface area contributed by atoms with Gasteiger partial charge in [-0.3, -0.25) is 0 Å². The largest absolute Gasteiger partial charge is 0.455 e. The molecule has 4 heteroatoms. The van der Waals surface area contributed by atoms with Gasteiger partial charge < -0.3 is 18.6 Å². The van der Waals surface area contributed by atoms with Gasteiger partial charge in [-0.1, -0.05) is 349 Å². The van der Waals surface area contributed by atoms with Gasteiger partial charge in [-0.15, -0.1) is 0 Å². The van der Waals surface area contributed by atoms with Crippen molar-refractivity contribution in [1.29, 1.82) is 0 Å². The smallest absolute Gasteiger partial charge is 0.143 e. The lowest BCUT2D eigenvalue weighted by Crippen LogP contribution is -2.16. The Bertz CT molecular complexity index is 7160. The molecule has 2 aliphatic carbocycles. The van der Waals surface area contributed by atoms with Gasteiger partial charge >= 0.3 is 0 Å². The summed E-state index contributed by atoms with van der Waals surface area (Å²) in [6, 6.07) is 154. The van der Waals surface area contributed by atoms with E-state index in [0.717, 1.165) is 123 Å². The average Bonchev–Trinajstić information content (AvgIpc) is 1.58. The second kappa shape index (κ2) is 29.2. The summed E-state index contributed by atoms with van der Waals surface area (Å²) in [4.78, 5) is 4.82. The van der Waals surface area contributed by atoms with E-state index in [1.54, 1.807) is 0 Å². The molecule has 2 heterocycles. The first-order chi connectivity index (χ1) is 58.0. The number of nitrogens with zero attached hydrogens (tertiary/aromatic N) is 2. The van der Waals surface area contributed by atoms with Crippen molar-refractivity contribution in [2.45, 2.75) is 38.5 Å². The molecular formula is C114H82N2O2. The molecular weight excluding hydrogens is 1430 g/mol. The second-order valence-electron chi connectivity index (χ2n) is 32.2. The Morgan fingerprint density at radius 1 is 0.178 bits per heavy atom. The number of para-hydroxylation sites is 3. The minimum atomic E-state index is -0.119. The van der Waals surface area contributed by atoms with Crippen LogP contribution >= 0.6 is 0 Å². The Morgan fingerprint density at radius 2 is 0.458 bits per heavy atom. The number of fused-ring (bicyclic) bond motifs is 12. The van der Waals surface area contributed by atoms with Crippen molar-refractivity contribution in [2.75, 3.05) is 9.80 Å². The van der Waals surface area contributed by atoms with Crippen LogP contribution in [0.4, 0.5) is 34.1 Å². The van der Waals surface area contributed by atoms with Gasteiger partial charge in [0.15, 0.2) is 0 Å². The van der Waals surface area contributed by atoms with Crippen molar-refractivity contribution in [3.8, 4) is 111 Å². The van der Waals surface area contributed by atoms with Gasteiger partial charge in [0.2, 0.25) is 0 Å². The van der Waals surface area contributed by atoms with Crippen molar-refractivity contribution < 1.29 is 8.83 Å². The molecule has 0 radical (unpaired) electrons. The Kier molecular flexibility index (Phi) is 17.6. The standard InChI is InChI=1S/2C57H41NO/c1-57(2)52-22-12-9-20-47(52)48-34-33-45(37-53(48)57)58(54-23-13-10-19-46(54)41-17-7-4-8-18-41)44-31-29-40(30-32-44)43-35-50(56-51(36-43)49-21-11-14-24-55(49)59-56)42-27-25-39(26-28-42)38-15-5-3-6-16-38;1-57(2)53-19-11-9-17-48(53)49-34-33-47(37-54(49)57)58(45-29-25-41(26-30-45)39-15-7-4-8-16-39)46-31-27-42(28-32-46)44-35-51(56-52(36-44)50-18-10-12-20-55(50)59-56)43-23-21-40(22-24-43)38-13-5-3-6-14-38/h2*3-37H,1-2H3. The highest BCUT2D eigenvalue weighted by Crippen LogP contribution is 2.54. The second-order valence-corrected chi connectivity index (χ2v) is 32.2. The highest BCUT2D eigenvalue weighted by Gasteiger charge is 2.38. The molecule has 0 saturated carbocycles. The lowest BCUT2D eigenvalue weighted by atomic mass is 9.82. The first-order valence-corrected chi connectivity index (χ1v) is 40.8. The normalized spacial score (nSPS) is 12.7. The third-order valence-corrected chi connectivity index (χ3v) is 24.6. The van der Waals surface area contributed by atoms with Crippen molar-refractivity contribution in [3.63, 3.8) is 0 Å². The Hall–Kier alpha value is -14.8. The quantitative estimate of drug-likeness (QED) is 0.109. The van der Waals surface area contributed by atoms with Crippen LogP contribution in [0, 0.1) is 0 Å². The van der Waals surface area contributed by atoms with Gasteiger partial charge in [-0.25, -0.2) is 0 Å². The maximum atomic E-state index is 6.60. The summed E-state index contributed by atoms with van der Waals surface area (Å²) < 4.78 is 13.2. The molecule has 560 valence electrons. The number of hydrogen-bond donors (Lipinski definition) is 0. The molecule has 2 aliphatic rings. The Morgan fingerprint density at radius 3 is 0.873 bits per heavy atom. The minimum Gasteiger partial charge on any atom is -0.455 e.